The fourth-order valence-corrected chi connectivity index (χ4v) is 2.60. The quantitative estimate of drug-likeness (QED) is 0.475. The van der Waals surface area contributed by atoms with Crippen LogP contribution in [0.3, 0.4) is 0 Å². The molecule has 0 radical (unpaired) electrons. The van der Waals surface area contributed by atoms with E-state index < -0.39 is 11.9 Å². The SMILES string of the molecule is COc1ccc(C(=O)Oc2ccc(C(=O)Oc3ccc(C)cc3)cc2)cc1C. The number of carbonyl (C=O) groups excluding carboxylic acids is 2. The van der Waals surface area contributed by atoms with Crippen LogP contribution in [0.25, 0.3) is 0 Å². The molecule has 0 fully saturated rings. The van der Waals surface area contributed by atoms with E-state index in [4.69, 9.17) is 14.2 Å². The fourth-order valence-electron chi connectivity index (χ4n) is 2.60. The second-order valence-corrected chi connectivity index (χ2v) is 6.30. The van der Waals surface area contributed by atoms with Gasteiger partial charge < -0.3 is 14.2 Å². The normalized spacial score (nSPS) is 10.2. The molecule has 0 atom stereocenters. The summed E-state index contributed by atoms with van der Waals surface area (Å²) in [5.74, 6) is 0.549. The minimum absolute atomic E-state index is 0.338. The average molecular weight is 376 g/mol. The molecule has 0 aromatic heterocycles. The van der Waals surface area contributed by atoms with Crippen molar-refractivity contribution in [2.45, 2.75) is 13.8 Å². The molecule has 0 N–H and O–H groups in total. The van der Waals surface area contributed by atoms with Crippen molar-refractivity contribution in [2.24, 2.45) is 0 Å². The molecular formula is C23H20O5. The van der Waals surface area contributed by atoms with Gasteiger partial charge in [-0.05, 0) is 74.0 Å². The Hall–Kier alpha value is -3.60. The predicted octanol–water partition coefficient (Wildman–Crippen LogP) is 4.75. The highest BCUT2D eigenvalue weighted by atomic mass is 16.5. The lowest BCUT2D eigenvalue weighted by atomic mass is 10.1. The highest BCUT2D eigenvalue weighted by molar-refractivity contribution is 5.93. The number of methoxy groups -OCH3 is 1. The van der Waals surface area contributed by atoms with Gasteiger partial charge in [0, 0.05) is 0 Å². The predicted molar refractivity (Wildman–Crippen MR) is 105 cm³/mol. The summed E-state index contributed by atoms with van der Waals surface area (Å²) >= 11 is 0. The maximum absolute atomic E-state index is 12.3. The van der Waals surface area contributed by atoms with Gasteiger partial charge in [-0.25, -0.2) is 9.59 Å². The summed E-state index contributed by atoms with van der Waals surface area (Å²) in [5, 5.41) is 0. The Morgan fingerprint density at radius 3 is 1.71 bits per heavy atom. The van der Waals surface area contributed by atoms with Gasteiger partial charge in [-0.15, -0.1) is 0 Å². The molecule has 0 unspecified atom stereocenters. The lowest BCUT2D eigenvalue weighted by Crippen LogP contribution is -2.10. The Balaban J connectivity index is 1.65. The zero-order valence-electron chi connectivity index (χ0n) is 15.9. The third kappa shape index (κ3) is 4.57. The number of aryl methyl sites for hydroxylation is 2. The summed E-state index contributed by atoms with van der Waals surface area (Å²) in [6.45, 7) is 3.81. The van der Waals surface area contributed by atoms with Crippen LogP contribution in [-0.4, -0.2) is 19.0 Å². The molecule has 0 aliphatic carbocycles. The van der Waals surface area contributed by atoms with E-state index in [0.717, 1.165) is 11.1 Å². The molecule has 0 saturated heterocycles. The highest BCUT2D eigenvalue weighted by Crippen LogP contribution is 2.21. The number of hydrogen-bond donors (Lipinski definition) is 0. The van der Waals surface area contributed by atoms with Crippen LogP contribution in [0.15, 0.2) is 66.7 Å². The van der Waals surface area contributed by atoms with Gasteiger partial charge >= 0.3 is 11.9 Å². The van der Waals surface area contributed by atoms with Crippen LogP contribution in [0.4, 0.5) is 0 Å². The van der Waals surface area contributed by atoms with Gasteiger partial charge in [-0.2, -0.15) is 0 Å². The van der Waals surface area contributed by atoms with Gasteiger partial charge in [-0.3, -0.25) is 0 Å². The van der Waals surface area contributed by atoms with Gasteiger partial charge in [0.05, 0.1) is 18.2 Å². The smallest absolute Gasteiger partial charge is 0.343 e. The van der Waals surface area contributed by atoms with Crippen LogP contribution in [0.2, 0.25) is 0 Å². The van der Waals surface area contributed by atoms with E-state index in [1.165, 1.54) is 0 Å². The van der Waals surface area contributed by atoms with E-state index in [1.54, 1.807) is 61.7 Å². The second-order valence-electron chi connectivity index (χ2n) is 6.30. The first kappa shape index (κ1) is 19.2. The number of rotatable bonds is 5. The summed E-state index contributed by atoms with van der Waals surface area (Å²) in [5.41, 5.74) is 2.70. The van der Waals surface area contributed by atoms with Crippen molar-refractivity contribution in [3.05, 3.63) is 89.0 Å². The molecule has 0 saturated carbocycles. The molecule has 3 aromatic carbocycles. The third-order valence-corrected chi connectivity index (χ3v) is 4.16. The summed E-state index contributed by atoms with van der Waals surface area (Å²) in [7, 11) is 1.58. The third-order valence-electron chi connectivity index (χ3n) is 4.16. The lowest BCUT2D eigenvalue weighted by molar-refractivity contribution is 0.0730. The maximum atomic E-state index is 12.3. The van der Waals surface area contributed by atoms with Crippen molar-refractivity contribution in [3.8, 4) is 17.2 Å². The number of esters is 2. The van der Waals surface area contributed by atoms with E-state index in [0.29, 0.717) is 28.4 Å². The number of ether oxygens (including phenoxy) is 3. The summed E-state index contributed by atoms with van der Waals surface area (Å²) in [4.78, 5) is 24.5. The maximum Gasteiger partial charge on any atom is 0.343 e. The van der Waals surface area contributed by atoms with E-state index in [9.17, 15) is 9.59 Å². The van der Waals surface area contributed by atoms with Crippen LogP contribution in [0, 0.1) is 13.8 Å². The molecule has 5 heteroatoms. The van der Waals surface area contributed by atoms with E-state index >= 15 is 0 Å². The minimum atomic E-state index is -0.485. The Kier molecular flexibility index (Phi) is 5.75. The highest BCUT2D eigenvalue weighted by Gasteiger charge is 2.13. The van der Waals surface area contributed by atoms with Crippen molar-refractivity contribution in [2.75, 3.05) is 7.11 Å². The molecule has 0 aliphatic heterocycles. The standard InChI is InChI=1S/C23H20O5/c1-15-4-9-19(10-5-15)27-22(24)17-6-11-20(12-7-17)28-23(25)18-8-13-21(26-3)16(2)14-18/h4-14H,1-3H3. The van der Waals surface area contributed by atoms with Crippen molar-refractivity contribution in [3.63, 3.8) is 0 Å². The topological polar surface area (TPSA) is 61.8 Å². The van der Waals surface area contributed by atoms with Crippen molar-refractivity contribution < 1.29 is 23.8 Å². The molecule has 28 heavy (non-hydrogen) atoms. The van der Waals surface area contributed by atoms with E-state index in [1.807, 2.05) is 26.0 Å². The molecule has 0 heterocycles. The van der Waals surface area contributed by atoms with Gasteiger partial charge in [0.1, 0.15) is 17.2 Å². The van der Waals surface area contributed by atoms with Crippen LogP contribution < -0.4 is 14.2 Å². The molecular weight excluding hydrogens is 356 g/mol. The first-order valence-electron chi connectivity index (χ1n) is 8.72. The van der Waals surface area contributed by atoms with Crippen molar-refractivity contribution >= 4 is 11.9 Å². The van der Waals surface area contributed by atoms with Gasteiger partial charge in [0.15, 0.2) is 0 Å². The Bertz CT molecular complexity index is 989. The summed E-state index contributed by atoms with van der Waals surface area (Å²) in [6.07, 6.45) is 0. The number of carbonyl (C=O) groups is 2. The van der Waals surface area contributed by atoms with Crippen LogP contribution in [-0.2, 0) is 0 Å². The molecule has 0 spiro atoms. The van der Waals surface area contributed by atoms with Crippen LogP contribution in [0.5, 0.6) is 17.2 Å². The largest absolute Gasteiger partial charge is 0.496 e. The molecule has 142 valence electrons. The minimum Gasteiger partial charge on any atom is -0.496 e. The summed E-state index contributed by atoms with van der Waals surface area (Å²) in [6, 6.07) is 18.5. The Morgan fingerprint density at radius 1 is 0.679 bits per heavy atom. The molecule has 0 aliphatic rings. The van der Waals surface area contributed by atoms with Gasteiger partial charge in [0.2, 0.25) is 0 Å². The van der Waals surface area contributed by atoms with E-state index in [2.05, 4.69) is 0 Å². The number of benzene rings is 3. The van der Waals surface area contributed by atoms with Gasteiger partial charge in [-0.1, -0.05) is 17.7 Å². The van der Waals surface area contributed by atoms with E-state index in [-0.39, 0.29) is 0 Å². The summed E-state index contributed by atoms with van der Waals surface area (Å²) < 4.78 is 15.9. The number of hydrogen-bond acceptors (Lipinski definition) is 5. The average Bonchev–Trinajstić information content (AvgIpc) is 2.70. The van der Waals surface area contributed by atoms with Gasteiger partial charge in [0.25, 0.3) is 0 Å². The zero-order chi connectivity index (χ0) is 20.1. The molecule has 5 nitrogen and oxygen atoms in total. The zero-order valence-corrected chi connectivity index (χ0v) is 15.9. The second kappa shape index (κ2) is 8.39. The molecule has 0 bridgehead atoms. The molecule has 3 rings (SSSR count). The lowest BCUT2D eigenvalue weighted by Gasteiger charge is -2.08. The fraction of sp³-hybridized carbons (Fsp3) is 0.130. The first-order valence-corrected chi connectivity index (χ1v) is 8.72. The van der Waals surface area contributed by atoms with Crippen LogP contribution in [0.1, 0.15) is 31.8 Å². The van der Waals surface area contributed by atoms with Crippen molar-refractivity contribution in [1.29, 1.82) is 0 Å². The first-order chi connectivity index (χ1) is 13.5. The monoisotopic (exact) mass is 376 g/mol. The Morgan fingerprint density at radius 2 is 1.18 bits per heavy atom. The van der Waals surface area contributed by atoms with Crippen molar-refractivity contribution in [1.82, 2.24) is 0 Å². The Labute approximate surface area is 163 Å². The molecule has 3 aromatic rings. The van der Waals surface area contributed by atoms with Crippen LogP contribution >= 0.6 is 0 Å². The molecule has 0 amide bonds.